The Morgan fingerprint density at radius 2 is 1.79 bits per heavy atom. The number of ether oxygens (including phenoxy) is 4. The third kappa shape index (κ3) is 2.77. The fraction of sp³-hybridized carbons (Fsp3) is 0.538. The molecule has 0 spiro atoms. The third-order valence-electron chi connectivity index (χ3n) is 3.13. The van der Waals surface area contributed by atoms with Crippen molar-refractivity contribution in [2.75, 3.05) is 33.0 Å². The van der Waals surface area contributed by atoms with Crippen LogP contribution in [0.3, 0.4) is 0 Å². The predicted molar refractivity (Wildman–Crippen MR) is 71.6 cm³/mol. The largest absolute Gasteiger partial charge is 0.486 e. The molecule has 2 aliphatic rings. The molecule has 0 bridgehead atoms. The normalized spacial score (nSPS) is 24.0. The molecule has 1 aromatic rings. The molecule has 1 fully saturated rings. The summed E-state index contributed by atoms with van der Waals surface area (Å²) in [5, 5.41) is 0.182. The number of hydrogen-bond donors (Lipinski definition) is 0. The number of halogens is 2. The van der Waals surface area contributed by atoms with Crippen molar-refractivity contribution < 1.29 is 18.9 Å². The van der Waals surface area contributed by atoms with Gasteiger partial charge in [-0.05, 0) is 11.6 Å². The summed E-state index contributed by atoms with van der Waals surface area (Å²) in [6.07, 6.45) is -0.199. The molecule has 2 heterocycles. The van der Waals surface area contributed by atoms with Crippen LogP contribution < -0.4 is 9.47 Å². The molecular weight excluding hydrogens is 291 g/mol. The van der Waals surface area contributed by atoms with Gasteiger partial charge >= 0.3 is 0 Å². The lowest BCUT2D eigenvalue weighted by Gasteiger charge is -2.28. The van der Waals surface area contributed by atoms with Gasteiger partial charge < -0.3 is 18.9 Å². The molecule has 0 radical (unpaired) electrons. The van der Waals surface area contributed by atoms with E-state index in [0.717, 1.165) is 5.56 Å². The minimum Gasteiger partial charge on any atom is -0.486 e. The van der Waals surface area contributed by atoms with E-state index in [2.05, 4.69) is 0 Å². The topological polar surface area (TPSA) is 36.9 Å². The molecule has 2 unspecified atom stereocenters. The molecule has 1 aromatic carbocycles. The maximum atomic E-state index is 6.45. The molecule has 0 amide bonds. The summed E-state index contributed by atoms with van der Waals surface area (Å²) in [5.74, 6) is 1.33. The Morgan fingerprint density at radius 1 is 1.05 bits per heavy atom. The third-order valence-corrected chi connectivity index (χ3v) is 3.97. The van der Waals surface area contributed by atoms with E-state index in [4.69, 9.17) is 42.1 Å². The molecule has 19 heavy (non-hydrogen) atoms. The van der Waals surface area contributed by atoms with Crippen molar-refractivity contribution in [3.63, 3.8) is 0 Å². The SMILES string of the molecule is Clc1cc2c(cc1C(Cl)C1COCCO1)OCCO2. The van der Waals surface area contributed by atoms with Crippen molar-refractivity contribution in [1.82, 2.24) is 0 Å². The lowest BCUT2D eigenvalue weighted by atomic mass is 10.1. The molecule has 0 aliphatic carbocycles. The van der Waals surface area contributed by atoms with Gasteiger partial charge in [0.25, 0.3) is 0 Å². The Kier molecular flexibility index (Phi) is 4.03. The van der Waals surface area contributed by atoms with Crippen molar-refractivity contribution in [2.24, 2.45) is 0 Å². The average Bonchev–Trinajstić information content (AvgIpc) is 2.47. The van der Waals surface area contributed by atoms with Crippen molar-refractivity contribution >= 4 is 23.2 Å². The minimum absolute atomic E-state index is 0.199. The number of rotatable bonds is 2. The van der Waals surface area contributed by atoms with Gasteiger partial charge in [0, 0.05) is 11.1 Å². The van der Waals surface area contributed by atoms with Gasteiger partial charge in [0.05, 0.1) is 25.2 Å². The summed E-state index contributed by atoms with van der Waals surface area (Å²) in [4.78, 5) is 0. The summed E-state index contributed by atoms with van der Waals surface area (Å²) >= 11 is 12.7. The van der Waals surface area contributed by atoms with Crippen LogP contribution in [-0.4, -0.2) is 39.1 Å². The second-order valence-electron chi connectivity index (χ2n) is 4.40. The Morgan fingerprint density at radius 3 is 2.47 bits per heavy atom. The maximum absolute atomic E-state index is 6.45. The summed E-state index contributed by atoms with van der Waals surface area (Å²) < 4.78 is 22.0. The first-order valence-corrected chi connectivity index (χ1v) is 6.99. The van der Waals surface area contributed by atoms with Crippen LogP contribution in [0.15, 0.2) is 12.1 Å². The first kappa shape index (κ1) is 13.3. The number of fused-ring (bicyclic) bond motifs is 1. The zero-order chi connectivity index (χ0) is 13.2. The molecule has 4 nitrogen and oxygen atoms in total. The van der Waals surface area contributed by atoms with Gasteiger partial charge in [-0.1, -0.05) is 11.6 Å². The van der Waals surface area contributed by atoms with Gasteiger partial charge in [-0.3, -0.25) is 0 Å². The predicted octanol–water partition coefficient (Wildman–Crippen LogP) is 2.81. The Labute approximate surface area is 121 Å². The van der Waals surface area contributed by atoms with Gasteiger partial charge in [0.15, 0.2) is 11.5 Å². The van der Waals surface area contributed by atoms with Crippen LogP contribution in [0.2, 0.25) is 5.02 Å². The lowest BCUT2D eigenvalue weighted by Crippen LogP contribution is -2.32. The fourth-order valence-electron chi connectivity index (χ4n) is 2.17. The highest BCUT2D eigenvalue weighted by Gasteiger charge is 2.28. The van der Waals surface area contributed by atoms with Gasteiger partial charge in [0.1, 0.15) is 19.3 Å². The second-order valence-corrected chi connectivity index (χ2v) is 5.28. The van der Waals surface area contributed by atoms with Crippen molar-refractivity contribution in [3.05, 3.63) is 22.7 Å². The molecule has 104 valence electrons. The number of benzene rings is 1. The molecule has 3 rings (SSSR count). The van der Waals surface area contributed by atoms with Crippen molar-refractivity contribution in [3.8, 4) is 11.5 Å². The molecule has 1 saturated heterocycles. The first-order chi connectivity index (χ1) is 9.25. The first-order valence-electron chi connectivity index (χ1n) is 6.18. The highest BCUT2D eigenvalue weighted by molar-refractivity contribution is 6.33. The molecule has 0 aromatic heterocycles. The standard InChI is InChI=1S/C13H14Cl2O4/c14-9-6-11-10(17-3-4-18-11)5-8(9)13(15)12-7-16-1-2-19-12/h5-6,12-13H,1-4,7H2. The molecule has 2 aliphatic heterocycles. The van der Waals surface area contributed by atoms with Gasteiger partial charge in [0.2, 0.25) is 0 Å². The quantitative estimate of drug-likeness (QED) is 0.787. The van der Waals surface area contributed by atoms with Crippen LogP contribution in [-0.2, 0) is 9.47 Å². The summed E-state index contributed by atoms with van der Waals surface area (Å²) in [7, 11) is 0. The van der Waals surface area contributed by atoms with Crippen LogP contribution in [0.25, 0.3) is 0 Å². The number of hydrogen-bond acceptors (Lipinski definition) is 4. The number of alkyl halides is 1. The smallest absolute Gasteiger partial charge is 0.162 e. The van der Waals surface area contributed by atoms with Crippen LogP contribution >= 0.6 is 23.2 Å². The highest BCUT2D eigenvalue weighted by Crippen LogP contribution is 2.41. The summed E-state index contributed by atoms with van der Waals surface area (Å²) in [5.41, 5.74) is 0.781. The molecule has 6 heteroatoms. The molecular formula is C13H14Cl2O4. The van der Waals surface area contributed by atoms with Crippen LogP contribution in [0.5, 0.6) is 11.5 Å². The zero-order valence-corrected chi connectivity index (χ0v) is 11.7. The van der Waals surface area contributed by atoms with E-state index < -0.39 is 0 Å². The Hall–Kier alpha value is -0.680. The van der Waals surface area contributed by atoms with Gasteiger partial charge in [-0.15, -0.1) is 11.6 Å². The maximum Gasteiger partial charge on any atom is 0.162 e. The van der Waals surface area contributed by atoms with E-state index in [9.17, 15) is 0 Å². The molecule has 2 atom stereocenters. The van der Waals surface area contributed by atoms with Gasteiger partial charge in [-0.25, -0.2) is 0 Å². The van der Waals surface area contributed by atoms with E-state index in [1.54, 1.807) is 6.07 Å². The highest BCUT2D eigenvalue weighted by atomic mass is 35.5. The van der Waals surface area contributed by atoms with E-state index in [1.165, 1.54) is 0 Å². The van der Waals surface area contributed by atoms with E-state index in [0.29, 0.717) is 49.6 Å². The monoisotopic (exact) mass is 304 g/mol. The van der Waals surface area contributed by atoms with Gasteiger partial charge in [-0.2, -0.15) is 0 Å². The molecule has 0 N–H and O–H groups in total. The van der Waals surface area contributed by atoms with Crippen molar-refractivity contribution in [1.29, 1.82) is 0 Å². The van der Waals surface area contributed by atoms with Crippen LogP contribution in [0.4, 0.5) is 0 Å². The van der Waals surface area contributed by atoms with Crippen molar-refractivity contribution in [2.45, 2.75) is 11.5 Å². The molecule has 0 saturated carbocycles. The average molecular weight is 305 g/mol. The van der Waals surface area contributed by atoms with E-state index >= 15 is 0 Å². The second kappa shape index (κ2) is 5.75. The van der Waals surface area contributed by atoms with Crippen LogP contribution in [0, 0.1) is 0 Å². The Bertz CT molecular complexity index is 460. The zero-order valence-electron chi connectivity index (χ0n) is 10.2. The van der Waals surface area contributed by atoms with E-state index in [1.807, 2.05) is 6.07 Å². The van der Waals surface area contributed by atoms with Crippen LogP contribution in [0.1, 0.15) is 10.9 Å². The lowest BCUT2D eigenvalue weighted by molar-refractivity contribution is -0.0892. The fourth-order valence-corrected chi connectivity index (χ4v) is 2.82. The summed E-state index contributed by atoms with van der Waals surface area (Å²) in [6, 6.07) is 3.57. The minimum atomic E-state index is -0.372. The van der Waals surface area contributed by atoms with E-state index in [-0.39, 0.29) is 11.5 Å². The summed E-state index contributed by atoms with van der Waals surface area (Å²) in [6.45, 7) is 2.70. The Balaban J connectivity index is 1.86.